The zero-order chi connectivity index (χ0) is 26.8. The molecule has 2 N–H and O–H groups in total. The summed E-state index contributed by atoms with van der Waals surface area (Å²) < 4.78 is 16.8. The van der Waals surface area contributed by atoms with E-state index in [-0.39, 0.29) is 17.0 Å². The predicted octanol–water partition coefficient (Wildman–Crippen LogP) is 6.48. The van der Waals surface area contributed by atoms with Gasteiger partial charge in [-0.1, -0.05) is 24.3 Å². The minimum Gasteiger partial charge on any atom is -0.497 e. The van der Waals surface area contributed by atoms with Crippen molar-refractivity contribution in [3.8, 4) is 22.9 Å². The lowest BCUT2D eigenvalue weighted by molar-refractivity contribution is 0.102. The minimum atomic E-state index is -0.354. The summed E-state index contributed by atoms with van der Waals surface area (Å²) in [6.07, 6.45) is 0. The Morgan fingerprint density at radius 3 is 2.44 bits per heavy atom. The number of hydrogen-bond donors (Lipinski definition) is 2. The Labute approximate surface area is 223 Å². The number of anilines is 1. The molecule has 2 aromatic heterocycles. The van der Waals surface area contributed by atoms with E-state index in [1.54, 1.807) is 50.6 Å². The van der Waals surface area contributed by atoms with Crippen molar-refractivity contribution in [2.24, 2.45) is 4.99 Å². The molecule has 6 rings (SSSR count). The summed E-state index contributed by atoms with van der Waals surface area (Å²) in [5.74, 6) is 1.66. The number of hydrogen-bond acceptors (Lipinski definition) is 6. The number of nitrogens with one attached hydrogen (secondary N) is 2. The number of para-hydroxylation sites is 3. The fourth-order valence-electron chi connectivity index (χ4n) is 4.30. The van der Waals surface area contributed by atoms with Crippen LogP contribution in [0.5, 0.6) is 11.5 Å². The first-order valence-corrected chi connectivity index (χ1v) is 12.3. The number of ether oxygens (including phenoxy) is 2. The van der Waals surface area contributed by atoms with E-state index in [0.29, 0.717) is 33.8 Å². The van der Waals surface area contributed by atoms with Crippen molar-refractivity contribution in [2.45, 2.75) is 0 Å². The first-order valence-electron chi connectivity index (χ1n) is 12.3. The molecule has 0 spiro atoms. The zero-order valence-electron chi connectivity index (χ0n) is 21.3. The Morgan fingerprint density at radius 2 is 1.69 bits per heavy atom. The van der Waals surface area contributed by atoms with Gasteiger partial charge in [-0.3, -0.25) is 4.79 Å². The van der Waals surface area contributed by atoms with Gasteiger partial charge in [0.2, 0.25) is 5.55 Å². The Morgan fingerprint density at radius 1 is 0.897 bits per heavy atom. The number of carbonyl (C=O) groups is 1. The van der Waals surface area contributed by atoms with Crippen LogP contribution in [0.1, 0.15) is 10.4 Å². The van der Waals surface area contributed by atoms with E-state index in [0.717, 1.165) is 22.4 Å². The monoisotopic (exact) mass is 516 g/mol. The van der Waals surface area contributed by atoms with Crippen molar-refractivity contribution in [3.05, 3.63) is 108 Å². The maximum atomic E-state index is 13.5. The molecule has 0 aliphatic heterocycles. The van der Waals surface area contributed by atoms with Crippen LogP contribution in [-0.2, 0) is 0 Å². The zero-order valence-corrected chi connectivity index (χ0v) is 21.3. The third kappa shape index (κ3) is 4.83. The van der Waals surface area contributed by atoms with Gasteiger partial charge in [0, 0.05) is 16.6 Å². The molecule has 0 unspecified atom stereocenters. The fourth-order valence-corrected chi connectivity index (χ4v) is 4.30. The molecule has 8 nitrogen and oxygen atoms in total. The molecule has 0 atom stereocenters. The van der Waals surface area contributed by atoms with Gasteiger partial charge in [-0.25, -0.2) is 9.98 Å². The van der Waals surface area contributed by atoms with Crippen molar-refractivity contribution in [1.82, 2.24) is 9.97 Å². The second-order valence-corrected chi connectivity index (χ2v) is 8.79. The molecule has 0 bridgehead atoms. The van der Waals surface area contributed by atoms with Crippen LogP contribution >= 0.6 is 0 Å². The third-order valence-corrected chi connectivity index (χ3v) is 6.31. The van der Waals surface area contributed by atoms with Gasteiger partial charge in [0.1, 0.15) is 17.1 Å². The number of fused-ring (bicyclic) bond motifs is 2. The highest BCUT2D eigenvalue weighted by atomic mass is 16.5. The van der Waals surface area contributed by atoms with Crippen molar-refractivity contribution in [2.75, 3.05) is 19.5 Å². The van der Waals surface area contributed by atoms with Crippen LogP contribution in [0.15, 0.2) is 106 Å². The highest BCUT2D eigenvalue weighted by Crippen LogP contribution is 2.26. The quantitative estimate of drug-likeness (QED) is 0.264. The normalized spacial score (nSPS) is 11.6. The lowest BCUT2D eigenvalue weighted by atomic mass is 10.1. The third-order valence-electron chi connectivity index (χ3n) is 6.31. The average molecular weight is 517 g/mol. The molecule has 0 saturated heterocycles. The smallest absolute Gasteiger partial charge is 0.261 e. The molecule has 6 aromatic rings. The number of rotatable bonds is 6. The van der Waals surface area contributed by atoms with Crippen molar-refractivity contribution in [1.29, 1.82) is 0 Å². The highest BCUT2D eigenvalue weighted by molar-refractivity contribution is 6.05. The molecule has 2 heterocycles. The number of carbonyl (C=O) groups excluding carboxylic acids is 1. The van der Waals surface area contributed by atoms with Gasteiger partial charge in [-0.15, -0.1) is 0 Å². The number of aromatic amines is 1. The summed E-state index contributed by atoms with van der Waals surface area (Å²) in [7, 11) is 3.17. The Bertz CT molecular complexity index is 1840. The van der Waals surface area contributed by atoms with E-state index in [1.165, 1.54) is 0 Å². The molecule has 1 amide bonds. The first kappa shape index (κ1) is 24.0. The molecule has 192 valence electrons. The van der Waals surface area contributed by atoms with E-state index in [9.17, 15) is 4.79 Å². The van der Waals surface area contributed by atoms with Gasteiger partial charge < -0.3 is 24.2 Å². The Balaban J connectivity index is 1.35. The molecule has 0 saturated carbocycles. The van der Waals surface area contributed by atoms with Crippen molar-refractivity contribution < 1.29 is 18.7 Å². The maximum absolute atomic E-state index is 13.5. The second-order valence-electron chi connectivity index (χ2n) is 8.79. The molecule has 4 aromatic carbocycles. The largest absolute Gasteiger partial charge is 0.497 e. The summed E-state index contributed by atoms with van der Waals surface area (Å²) >= 11 is 0. The lowest BCUT2D eigenvalue weighted by Crippen LogP contribution is -2.21. The van der Waals surface area contributed by atoms with E-state index in [2.05, 4.69) is 20.3 Å². The number of aromatic nitrogens is 2. The Kier molecular flexibility index (Phi) is 6.26. The first-order chi connectivity index (χ1) is 19.1. The summed E-state index contributed by atoms with van der Waals surface area (Å²) in [6, 6.07) is 29.8. The number of amides is 1. The SMILES string of the molecule is COc1ccc(N=c2oc3c(OC)cccc3cc2C(=O)Nc2ccc(-c3nc4ccccc4[nH]3)cc2)cc1. The number of imidazole rings is 1. The average Bonchev–Trinajstić information content (AvgIpc) is 3.42. The van der Waals surface area contributed by atoms with Crippen LogP contribution in [0.4, 0.5) is 11.4 Å². The molecular weight excluding hydrogens is 492 g/mol. The van der Waals surface area contributed by atoms with Gasteiger partial charge in [0.15, 0.2) is 11.3 Å². The summed E-state index contributed by atoms with van der Waals surface area (Å²) in [4.78, 5) is 26.1. The lowest BCUT2D eigenvalue weighted by Gasteiger charge is -2.09. The fraction of sp³-hybridized carbons (Fsp3) is 0.0645. The van der Waals surface area contributed by atoms with E-state index >= 15 is 0 Å². The van der Waals surface area contributed by atoms with Crippen LogP contribution in [-0.4, -0.2) is 30.1 Å². The summed E-state index contributed by atoms with van der Waals surface area (Å²) in [5.41, 5.74) is 4.95. The second kappa shape index (κ2) is 10.2. The molecule has 0 aliphatic rings. The molecule has 8 heteroatoms. The van der Waals surface area contributed by atoms with Crippen LogP contribution in [0, 0.1) is 0 Å². The topological polar surface area (TPSA) is 102 Å². The number of nitrogens with zero attached hydrogens (tertiary/aromatic N) is 2. The molecule has 39 heavy (non-hydrogen) atoms. The van der Waals surface area contributed by atoms with Gasteiger partial charge >= 0.3 is 0 Å². The van der Waals surface area contributed by atoms with Crippen molar-refractivity contribution in [3.63, 3.8) is 0 Å². The summed E-state index contributed by atoms with van der Waals surface area (Å²) in [6.45, 7) is 0. The van der Waals surface area contributed by atoms with Gasteiger partial charge in [0.25, 0.3) is 5.91 Å². The molecule has 0 radical (unpaired) electrons. The van der Waals surface area contributed by atoms with Gasteiger partial charge in [-0.2, -0.15) is 0 Å². The highest BCUT2D eigenvalue weighted by Gasteiger charge is 2.16. The van der Waals surface area contributed by atoms with E-state index < -0.39 is 0 Å². The standard InChI is InChI=1S/C31H24N4O4/c1-37-23-16-14-22(15-17-23)33-31-24(18-20-6-5-9-27(38-2)28(20)39-31)30(36)32-21-12-10-19(11-13-21)29-34-25-7-3-4-8-26(25)35-29/h3-18H,1-2H3,(H,32,36)(H,34,35). The molecule has 0 fully saturated rings. The van der Waals surface area contributed by atoms with Crippen LogP contribution < -0.4 is 20.3 Å². The van der Waals surface area contributed by atoms with Gasteiger partial charge in [-0.05, 0) is 72.8 Å². The number of methoxy groups -OCH3 is 2. The summed E-state index contributed by atoms with van der Waals surface area (Å²) in [5, 5.41) is 3.68. The predicted molar refractivity (Wildman–Crippen MR) is 150 cm³/mol. The minimum absolute atomic E-state index is 0.161. The van der Waals surface area contributed by atoms with Crippen LogP contribution in [0.3, 0.4) is 0 Å². The molecule has 0 aliphatic carbocycles. The van der Waals surface area contributed by atoms with Crippen LogP contribution in [0.25, 0.3) is 33.4 Å². The van der Waals surface area contributed by atoms with E-state index in [1.807, 2.05) is 60.7 Å². The number of benzene rings is 4. The van der Waals surface area contributed by atoms with Crippen LogP contribution in [0.2, 0.25) is 0 Å². The maximum Gasteiger partial charge on any atom is 0.261 e. The molecular formula is C31H24N4O4. The van der Waals surface area contributed by atoms with E-state index in [4.69, 9.17) is 13.9 Å². The van der Waals surface area contributed by atoms with Gasteiger partial charge in [0.05, 0.1) is 30.9 Å². The Hall–Kier alpha value is -5.37. The number of H-pyrrole nitrogens is 1. The van der Waals surface area contributed by atoms with Crippen molar-refractivity contribution >= 4 is 39.3 Å².